The van der Waals surface area contributed by atoms with E-state index < -0.39 is 18.1 Å². The smallest absolute Gasteiger partial charge is 0.318 e. The van der Waals surface area contributed by atoms with E-state index in [1.54, 1.807) is 56.6 Å². The van der Waals surface area contributed by atoms with Crippen LogP contribution in [0.15, 0.2) is 60.9 Å². The maximum atomic E-state index is 13.7. The van der Waals surface area contributed by atoms with Gasteiger partial charge in [-0.05, 0) is 65.9 Å². The highest BCUT2D eigenvalue weighted by atomic mass is 19.1. The fraction of sp³-hybridized carbons (Fsp3) is 0.296. The van der Waals surface area contributed by atoms with Gasteiger partial charge in [-0.3, -0.25) is 9.78 Å². The molecule has 8 nitrogen and oxygen atoms in total. The summed E-state index contributed by atoms with van der Waals surface area (Å²) in [6.45, 7) is 2.35. The summed E-state index contributed by atoms with van der Waals surface area (Å²) in [6.07, 6.45) is 3.92. The lowest BCUT2D eigenvalue weighted by atomic mass is 9.88. The van der Waals surface area contributed by atoms with Crippen molar-refractivity contribution in [1.29, 1.82) is 0 Å². The molecule has 3 amide bonds. The Kier molecular flexibility index (Phi) is 7.68. The number of hydrogen-bond donors (Lipinski definition) is 2. The molecule has 3 aromatic rings. The van der Waals surface area contributed by atoms with Crippen LogP contribution in [0, 0.1) is 5.82 Å². The van der Waals surface area contributed by atoms with E-state index in [0.717, 1.165) is 22.3 Å². The molecule has 1 aliphatic rings. The lowest BCUT2D eigenvalue weighted by molar-refractivity contribution is -0.122. The Balaban J connectivity index is 1.57. The van der Waals surface area contributed by atoms with Gasteiger partial charge in [-0.2, -0.15) is 0 Å². The van der Waals surface area contributed by atoms with E-state index in [-0.39, 0.29) is 11.7 Å². The number of pyridine rings is 1. The zero-order chi connectivity index (χ0) is 25.7. The van der Waals surface area contributed by atoms with E-state index in [1.165, 1.54) is 12.1 Å². The summed E-state index contributed by atoms with van der Waals surface area (Å²) in [5, 5.41) is 5.62. The van der Waals surface area contributed by atoms with Gasteiger partial charge in [-0.1, -0.05) is 18.2 Å². The predicted octanol–water partition coefficient (Wildman–Crippen LogP) is 3.60. The molecule has 2 heterocycles. The monoisotopic (exact) mass is 492 g/mol. The third-order valence-corrected chi connectivity index (χ3v) is 6.24. The van der Waals surface area contributed by atoms with Crippen LogP contribution in [-0.4, -0.2) is 48.6 Å². The van der Waals surface area contributed by atoms with Crippen molar-refractivity contribution in [2.75, 3.05) is 20.8 Å². The van der Waals surface area contributed by atoms with E-state index in [1.807, 2.05) is 18.2 Å². The zero-order valence-corrected chi connectivity index (χ0v) is 20.5. The Bertz CT molecular complexity index is 1220. The Labute approximate surface area is 209 Å². The number of aromatic nitrogens is 1. The summed E-state index contributed by atoms with van der Waals surface area (Å²) in [5.41, 5.74) is 3.47. The molecule has 2 atom stereocenters. The minimum atomic E-state index is -0.769. The minimum Gasteiger partial charge on any atom is -0.493 e. The second-order valence-corrected chi connectivity index (χ2v) is 8.55. The highest BCUT2D eigenvalue weighted by molar-refractivity contribution is 5.87. The topological polar surface area (TPSA) is 92.8 Å². The molecule has 0 bridgehead atoms. The summed E-state index contributed by atoms with van der Waals surface area (Å²) < 4.78 is 24.7. The van der Waals surface area contributed by atoms with Crippen LogP contribution in [0.25, 0.3) is 0 Å². The molecule has 188 valence electrons. The Morgan fingerprint density at radius 2 is 1.86 bits per heavy atom. The van der Waals surface area contributed by atoms with Crippen molar-refractivity contribution in [3.05, 3.63) is 89.0 Å². The van der Waals surface area contributed by atoms with E-state index in [9.17, 15) is 14.0 Å². The van der Waals surface area contributed by atoms with Gasteiger partial charge in [0.05, 0.1) is 20.3 Å². The van der Waals surface area contributed by atoms with Crippen LogP contribution in [0.2, 0.25) is 0 Å². The van der Waals surface area contributed by atoms with E-state index >= 15 is 0 Å². The molecule has 0 fully saturated rings. The van der Waals surface area contributed by atoms with E-state index in [0.29, 0.717) is 31.0 Å². The number of ether oxygens (including phenoxy) is 2. The second-order valence-electron chi connectivity index (χ2n) is 8.55. The molecule has 0 saturated heterocycles. The predicted molar refractivity (Wildman–Crippen MR) is 132 cm³/mol. The van der Waals surface area contributed by atoms with Gasteiger partial charge >= 0.3 is 6.03 Å². The van der Waals surface area contributed by atoms with Crippen LogP contribution in [0.1, 0.15) is 35.2 Å². The number of nitrogens with one attached hydrogen (secondary N) is 2. The SMILES string of the molecule is COc1cc2c(cc1OC)[C@@H](c1ccc(F)cc1)N(C(=O)N[C@@H](C)C(=O)NCc1cccnc1)CC2. The molecule has 0 radical (unpaired) electrons. The van der Waals surface area contributed by atoms with Crippen molar-refractivity contribution < 1.29 is 23.5 Å². The number of halogens is 1. The standard InChI is InChI=1S/C27H29FN4O4/c1-17(26(33)30-16-18-5-4-11-29-15-18)31-27(34)32-12-10-20-13-23(35-2)24(36-3)14-22(20)25(32)19-6-8-21(28)9-7-19/h4-9,11,13-15,17,25H,10,12,16H2,1-3H3,(H,30,33)(H,31,34)/t17-,25+/m0/s1. The third-order valence-electron chi connectivity index (χ3n) is 6.24. The fourth-order valence-electron chi connectivity index (χ4n) is 4.35. The molecular weight excluding hydrogens is 463 g/mol. The lowest BCUT2D eigenvalue weighted by Crippen LogP contribution is -2.52. The molecule has 2 N–H and O–H groups in total. The Morgan fingerprint density at radius 1 is 1.14 bits per heavy atom. The van der Waals surface area contributed by atoms with Crippen molar-refractivity contribution in [2.45, 2.75) is 32.0 Å². The van der Waals surface area contributed by atoms with Crippen LogP contribution < -0.4 is 20.1 Å². The number of hydrogen-bond acceptors (Lipinski definition) is 5. The number of benzene rings is 2. The molecule has 0 spiro atoms. The molecular formula is C27H29FN4O4. The van der Waals surface area contributed by atoms with Gasteiger partial charge in [0.1, 0.15) is 11.9 Å². The zero-order valence-electron chi connectivity index (χ0n) is 20.5. The highest BCUT2D eigenvalue weighted by Gasteiger charge is 2.34. The van der Waals surface area contributed by atoms with Gasteiger partial charge in [-0.15, -0.1) is 0 Å². The summed E-state index contributed by atoms with van der Waals surface area (Å²) in [5.74, 6) is 0.464. The van der Waals surface area contributed by atoms with Crippen molar-refractivity contribution in [1.82, 2.24) is 20.5 Å². The van der Waals surface area contributed by atoms with Gasteiger partial charge in [-0.25, -0.2) is 9.18 Å². The van der Waals surface area contributed by atoms with Gasteiger partial charge in [0.25, 0.3) is 0 Å². The molecule has 2 aromatic carbocycles. The van der Waals surface area contributed by atoms with Gasteiger partial charge in [0, 0.05) is 25.5 Å². The van der Waals surface area contributed by atoms with Crippen molar-refractivity contribution in [3.8, 4) is 11.5 Å². The summed E-state index contributed by atoms with van der Waals surface area (Å²) >= 11 is 0. The molecule has 0 unspecified atom stereocenters. The first kappa shape index (κ1) is 25.0. The first-order valence-electron chi connectivity index (χ1n) is 11.6. The summed E-state index contributed by atoms with van der Waals surface area (Å²) in [4.78, 5) is 31.8. The number of urea groups is 1. The maximum Gasteiger partial charge on any atom is 0.318 e. The number of amides is 3. The number of carbonyl (C=O) groups excluding carboxylic acids is 2. The molecule has 1 aliphatic heterocycles. The normalized spacial score (nSPS) is 15.4. The van der Waals surface area contributed by atoms with E-state index in [2.05, 4.69) is 15.6 Å². The lowest BCUT2D eigenvalue weighted by Gasteiger charge is -2.38. The van der Waals surface area contributed by atoms with Gasteiger partial charge in [0.15, 0.2) is 11.5 Å². The van der Waals surface area contributed by atoms with Gasteiger partial charge < -0.3 is 25.0 Å². The quantitative estimate of drug-likeness (QED) is 0.526. The van der Waals surface area contributed by atoms with Crippen molar-refractivity contribution in [2.24, 2.45) is 0 Å². The van der Waals surface area contributed by atoms with Gasteiger partial charge in [0.2, 0.25) is 5.91 Å². The molecule has 9 heteroatoms. The van der Waals surface area contributed by atoms with Crippen molar-refractivity contribution in [3.63, 3.8) is 0 Å². The first-order valence-corrected chi connectivity index (χ1v) is 11.6. The number of carbonyl (C=O) groups is 2. The van der Waals surface area contributed by atoms with Crippen LogP contribution in [0.5, 0.6) is 11.5 Å². The van der Waals surface area contributed by atoms with Crippen LogP contribution in [-0.2, 0) is 17.8 Å². The third kappa shape index (κ3) is 5.40. The molecule has 1 aromatic heterocycles. The summed E-state index contributed by atoms with van der Waals surface area (Å²) in [6, 6.07) is 11.8. The average molecular weight is 493 g/mol. The number of methoxy groups -OCH3 is 2. The van der Waals surface area contributed by atoms with Crippen molar-refractivity contribution >= 4 is 11.9 Å². The second kappa shape index (κ2) is 11.1. The van der Waals surface area contributed by atoms with Crippen LogP contribution in [0.3, 0.4) is 0 Å². The molecule has 0 saturated carbocycles. The Morgan fingerprint density at radius 3 is 2.53 bits per heavy atom. The van der Waals surface area contributed by atoms with E-state index in [4.69, 9.17) is 9.47 Å². The fourth-order valence-corrected chi connectivity index (χ4v) is 4.35. The summed E-state index contributed by atoms with van der Waals surface area (Å²) in [7, 11) is 3.13. The largest absolute Gasteiger partial charge is 0.493 e. The number of nitrogens with zero attached hydrogens (tertiary/aromatic N) is 2. The number of rotatable bonds is 7. The van der Waals surface area contributed by atoms with Crippen LogP contribution >= 0.6 is 0 Å². The molecule has 4 rings (SSSR count). The minimum absolute atomic E-state index is 0.309. The highest BCUT2D eigenvalue weighted by Crippen LogP contribution is 2.41. The molecule has 36 heavy (non-hydrogen) atoms. The Hall–Kier alpha value is -4.14. The maximum absolute atomic E-state index is 13.7. The van der Waals surface area contributed by atoms with Crippen LogP contribution in [0.4, 0.5) is 9.18 Å². The number of fused-ring (bicyclic) bond motifs is 1. The first-order chi connectivity index (χ1) is 17.4. The molecule has 0 aliphatic carbocycles. The average Bonchev–Trinajstić information content (AvgIpc) is 2.91.